The number of unbranched alkanes of at least 4 members (excludes halogenated alkanes) is 2. The van der Waals surface area contributed by atoms with Gasteiger partial charge in [0, 0.05) is 0 Å². The Balaban J connectivity index is -0.0000000171. The molecule has 0 unspecified atom stereocenters. The first kappa shape index (κ1) is 29.5. The molecule has 0 aliphatic rings. The molecular formula is C8H18Cl2Zn-2. The van der Waals surface area contributed by atoms with Crippen molar-refractivity contribution in [2.24, 2.45) is 0 Å². The maximum Gasteiger partial charge on any atom is 2.00 e. The van der Waals surface area contributed by atoms with E-state index in [1.807, 2.05) is 0 Å². The summed E-state index contributed by atoms with van der Waals surface area (Å²) in [6.45, 7) is 11.4. The Bertz CT molecular complexity index is 20.1. The summed E-state index contributed by atoms with van der Waals surface area (Å²) in [5, 5.41) is 0. The molecule has 0 N–H and O–H groups in total. The maximum absolute atomic E-state index is 3.60. The summed E-state index contributed by atoms with van der Waals surface area (Å²) in [6, 6.07) is 0. The summed E-state index contributed by atoms with van der Waals surface area (Å²) in [4.78, 5) is 0. The van der Waals surface area contributed by atoms with Gasteiger partial charge in [-0.15, -0.1) is 0 Å². The predicted molar refractivity (Wildman–Crippen MR) is 40.5 cm³/mol. The minimum atomic E-state index is 0. The van der Waals surface area contributed by atoms with E-state index < -0.39 is 0 Å². The Labute approximate surface area is 97.5 Å². The predicted octanol–water partition coefficient (Wildman–Crippen LogP) is -2.75. The molecule has 68 valence electrons. The Morgan fingerprint density at radius 2 is 0.909 bits per heavy atom. The molecule has 3 heteroatoms. The molecule has 0 nitrogen and oxygen atoms in total. The van der Waals surface area contributed by atoms with Gasteiger partial charge in [0.15, 0.2) is 0 Å². The van der Waals surface area contributed by atoms with Crippen LogP contribution in [0.4, 0.5) is 0 Å². The fraction of sp³-hybridized carbons (Fsp3) is 0.750. The molecule has 0 saturated carbocycles. The SMILES string of the molecule is [CH2-]CCC.[CH2-]CCC.[Cl-].[Cl-].[Zn+2]. The maximum atomic E-state index is 3.60. The van der Waals surface area contributed by atoms with Crippen LogP contribution in [-0.2, 0) is 19.5 Å². The second-order valence-corrected chi connectivity index (χ2v) is 1.71. The molecule has 11 heavy (non-hydrogen) atoms. The Hall–Kier alpha value is 1.20. The molecule has 0 fully saturated rings. The van der Waals surface area contributed by atoms with E-state index in [2.05, 4.69) is 27.7 Å². The molecule has 0 aliphatic carbocycles. The van der Waals surface area contributed by atoms with E-state index in [9.17, 15) is 0 Å². The van der Waals surface area contributed by atoms with Crippen molar-refractivity contribution in [1.29, 1.82) is 0 Å². The number of halogens is 2. The van der Waals surface area contributed by atoms with Crippen molar-refractivity contribution >= 4 is 0 Å². The summed E-state index contributed by atoms with van der Waals surface area (Å²) < 4.78 is 0. The summed E-state index contributed by atoms with van der Waals surface area (Å²) in [5.74, 6) is 0. The summed E-state index contributed by atoms with van der Waals surface area (Å²) in [6.07, 6.45) is 4.56. The molecule has 0 rings (SSSR count). The molecule has 0 heterocycles. The molecule has 0 radical (unpaired) electrons. The molecule has 0 bridgehead atoms. The van der Waals surface area contributed by atoms with E-state index >= 15 is 0 Å². The van der Waals surface area contributed by atoms with Gasteiger partial charge in [0.05, 0.1) is 0 Å². The van der Waals surface area contributed by atoms with E-state index in [4.69, 9.17) is 0 Å². The second kappa shape index (κ2) is 43.1. The zero-order valence-corrected chi connectivity index (χ0v) is 12.2. The van der Waals surface area contributed by atoms with E-state index in [1.165, 1.54) is 12.8 Å². The topological polar surface area (TPSA) is 0 Å². The van der Waals surface area contributed by atoms with Crippen molar-refractivity contribution in [3.63, 3.8) is 0 Å². The van der Waals surface area contributed by atoms with Crippen LogP contribution >= 0.6 is 0 Å². The van der Waals surface area contributed by atoms with Crippen LogP contribution in [-0.4, -0.2) is 0 Å². The van der Waals surface area contributed by atoms with Gasteiger partial charge >= 0.3 is 19.5 Å². The average Bonchev–Trinajstić information content (AvgIpc) is 1.88. The van der Waals surface area contributed by atoms with Crippen molar-refractivity contribution in [2.45, 2.75) is 39.5 Å². The average molecular weight is 251 g/mol. The minimum Gasteiger partial charge on any atom is -1.00 e. The van der Waals surface area contributed by atoms with Gasteiger partial charge in [-0.1, -0.05) is 26.7 Å². The van der Waals surface area contributed by atoms with Gasteiger partial charge in [-0.2, -0.15) is 12.8 Å². The second-order valence-electron chi connectivity index (χ2n) is 1.71. The molecule has 0 amide bonds. The normalized spacial score (nSPS) is 5.45. The molecule has 0 atom stereocenters. The molecule has 0 aromatic heterocycles. The van der Waals surface area contributed by atoms with Gasteiger partial charge in [0.1, 0.15) is 0 Å². The van der Waals surface area contributed by atoms with E-state index in [0.717, 1.165) is 12.8 Å². The number of hydrogen-bond donors (Lipinski definition) is 0. The summed E-state index contributed by atoms with van der Waals surface area (Å²) in [7, 11) is 0. The van der Waals surface area contributed by atoms with Crippen molar-refractivity contribution in [2.75, 3.05) is 0 Å². The molecule has 0 aromatic carbocycles. The van der Waals surface area contributed by atoms with Crippen molar-refractivity contribution in [1.82, 2.24) is 0 Å². The number of rotatable bonds is 2. The van der Waals surface area contributed by atoms with Crippen LogP contribution in [0, 0.1) is 13.8 Å². The van der Waals surface area contributed by atoms with Crippen molar-refractivity contribution < 1.29 is 44.3 Å². The fourth-order valence-corrected chi connectivity index (χ4v) is 0. The monoisotopic (exact) mass is 248 g/mol. The van der Waals surface area contributed by atoms with Crippen LogP contribution in [0.25, 0.3) is 0 Å². The summed E-state index contributed by atoms with van der Waals surface area (Å²) >= 11 is 0. The molecule has 0 aromatic rings. The Morgan fingerprint density at radius 1 is 0.818 bits per heavy atom. The standard InChI is InChI=1S/2C4H9.2ClH.Zn/c2*1-3-4-2;;;/h2*1,3-4H2,2H3;2*1H;/q2*-1;;;+2/p-2. The Morgan fingerprint density at radius 3 is 0.909 bits per heavy atom. The fourth-order valence-electron chi connectivity index (χ4n) is 0. The van der Waals surface area contributed by atoms with Gasteiger partial charge in [-0.05, 0) is 0 Å². The molecule has 0 saturated heterocycles. The van der Waals surface area contributed by atoms with Crippen LogP contribution in [0.1, 0.15) is 39.5 Å². The van der Waals surface area contributed by atoms with Crippen LogP contribution in [0.5, 0.6) is 0 Å². The van der Waals surface area contributed by atoms with E-state index in [-0.39, 0.29) is 44.3 Å². The molecular weight excluding hydrogens is 232 g/mol. The molecule has 0 aliphatic heterocycles. The smallest absolute Gasteiger partial charge is 1.00 e. The third kappa shape index (κ3) is 92.5. The first-order valence-corrected chi connectivity index (χ1v) is 3.41. The minimum absolute atomic E-state index is 0. The van der Waals surface area contributed by atoms with Gasteiger partial charge in [0.25, 0.3) is 0 Å². The third-order valence-corrected chi connectivity index (χ3v) is 0.707. The Kier molecular flexibility index (Phi) is 116. The molecule has 0 spiro atoms. The van der Waals surface area contributed by atoms with E-state index in [0.29, 0.717) is 0 Å². The van der Waals surface area contributed by atoms with Crippen molar-refractivity contribution in [3.05, 3.63) is 13.8 Å². The summed E-state index contributed by atoms with van der Waals surface area (Å²) in [5.41, 5.74) is 0. The van der Waals surface area contributed by atoms with Gasteiger partial charge in [0.2, 0.25) is 0 Å². The van der Waals surface area contributed by atoms with Gasteiger partial charge in [-0.3, -0.25) is 0 Å². The quantitative estimate of drug-likeness (QED) is 0.368. The largest absolute Gasteiger partial charge is 2.00 e. The van der Waals surface area contributed by atoms with Crippen LogP contribution < -0.4 is 24.8 Å². The van der Waals surface area contributed by atoms with Crippen LogP contribution in [0.3, 0.4) is 0 Å². The van der Waals surface area contributed by atoms with E-state index in [1.54, 1.807) is 0 Å². The zero-order chi connectivity index (χ0) is 6.83. The van der Waals surface area contributed by atoms with Gasteiger partial charge in [-0.25, -0.2) is 0 Å². The zero-order valence-electron chi connectivity index (χ0n) is 7.71. The van der Waals surface area contributed by atoms with Crippen LogP contribution in [0.2, 0.25) is 0 Å². The van der Waals surface area contributed by atoms with Gasteiger partial charge < -0.3 is 38.7 Å². The van der Waals surface area contributed by atoms with Crippen molar-refractivity contribution in [3.8, 4) is 0 Å². The third-order valence-electron chi connectivity index (χ3n) is 0.707. The first-order chi connectivity index (χ1) is 3.83. The first-order valence-electron chi connectivity index (χ1n) is 3.41. The number of hydrogen-bond acceptors (Lipinski definition) is 0. The van der Waals surface area contributed by atoms with Crippen LogP contribution in [0.15, 0.2) is 0 Å².